The van der Waals surface area contributed by atoms with E-state index < -0.39 is 0 Å². The molecule has 5 rings (SSSR count). The van der Waals surface area contributed by atoms with E-state index in [0.29, 0.717) is 22.5 Å². The highest BCUT2D eigenvalue weighted by molar-refractivity contribution is 7.98. The Labute approximate surface area is 182 Å². The monoisotopic (exact) mass is 426 g/mol. The fourth-order valence-electron chi connectivity index (χ4n) is 3.35. The summed E-state index contributed by atoms with van der Waals surface area (Å²) in [7, 11) is 0. The summed E-state index contributed by atoms with van der Waals surface area (Å²) in [5, 5.41) is 18.3. The van der Waals surface area contributed by atoms with Gasteiger partial charge >= 0.3 is 0 Å². The molecule has 7 nitrogen and oxygen atoms in total. The fraction of sp³-hybridized carbons (Fsp3) is 0.0870. The minimum atomic E-state index is -0.173. The van der Waals surface area contributed by atoms with Crippen molar-refractivity contribution in [2.75, 3.05) is 0 Å². The minimum absolute atomic E-state index is 0.173. The Bertz CT molecular complexity index is 1380. The second-order valence-corrected chi connectivity index (χ2v) is 7.83. The molecule has 8 heteroatoms. The highest BCUT2D eigenvalue weighted by atomic mass is 32.2. The van der Waals surface area contributed by atoms with Crippen molar-refractivity contribution in [2.45, 2.75) is 17.5 Å². The molecular weight excluding hydrogens is 408 g/mol. The maximum absolute atomic E-state index is 12.8. The average Bonchev–Trinajstić information content (AvgIpc) is 3.22. The first-order valence-electron chi connectivity index (χ1n) is 9.78. The number of hydrogen-bond acceptors (Lipinski definition) is 6. The number of hydrogen-bond donors (Lipinski definition) is 0. The Morgan fingerprint density at radius 3 is 2.29 bits per heavy atom. The molecule has 0 saturated heterocycles. The number of nitrogens with zero attached hydrogens (tertiary/aromatic N) is 6. The lowest BCUT2D eigenvalue weighted by atomic mass is 10.1. The third kappa shape index (κ3) is 3.97. The summed E-state index contributed by atoms with van der Waals surface area (Å²) in [6, 6.07) is 27.3. The van der Waals surface area contributed by atoms with Crippen molar-refractivity contribution in [2.24, 2.45) is 0 Å². The summed E-state index contributed by atoms with van der Waals surface area (Å²) in [4.78, 5) is 12.8. The molecule has 2 aromatic heterocycles. The molecule has 0 atom stereocenters. The largest absolute Gasteiger partial charge is 0.278 e. The van der Waals surface area contributed by atoms with Crippen LogP contribution in [-0.2, 0) is 12.3 Å². The molecule has 0 unspecified atom stereocenters. The van der Waals surface area contributed by atoms with E-state index in [-0.39, 0.29) is 11.4 Å². The van der Waals surface area contributed by atoms with Gasteiger partial charge in [-0.05, 0) is 29.8 Å². The normalized spacial score (nSPS) is 11.1. The van der Waals surface area contributed by atoms with Gasteiger partial charge in [-0.3, -0.25) is 9.36 Å². The molecule has 0 spiro atoms. The minimum Gasteiger partial charge on any atom is -0.274 e. The van der Waals surface area contributed by atoms with Crippen LogP contribution in [0.2, 0.25) is 0 Å². The van der Waals surface area contributed by atoms with Crippen molar-refractivity contribution < 1.29 is 0 Å². The van der Waals surface area contributed by atoms with Crippen LogP contribution in [0.5, 0.6) is 0 Å². The first-order valence-corrected chi connectivity index (χ1v) is 10.8. The second-order valence-electron chi connectivity index (χ2n) is 6.92. The van der Waals surface area contributed by atoms with Crippen molar-refractivity contribution in [1.29, 1.82) is 0 Å². The van der Waals surface area contributed by atoms with Crippen LogP contribution in [0.15, 0.2) is 94.9 Å². The molecule has 0 aliphatic heterocycles. The highest BCUT2D eigenvalue weighted by Crippen LogP contribution is 2.24. The van der Waals surface area contributed by atoms with Crippen molar-refractivity contribution >= 4 is 22.7 Å². The summed E-state index contributed by atoms with van der Waals surface area (Å²) in [5.74, 6) is 1.12. The molecule has 0 N–H and O–H groups in total. The molecule has 5 aromatic rings. The second kappa shape index (κ2) is 8.53. The van der Waals surface area contributed by atoms with Crippen LogP contribution < -0.4 is 5.56 Å². The van der Waals surface area contributed by atoms with E-state index in [4.69, 9.17) is 0 Å². The van der Waals surface area contributed by atoms with Crippen LogP contribution in [0, 0.1) is 0 Å². The molecule has 152 valence electrons. The summed E-state index contributed by atoms with van der Waals surface area (Å²) < 4.78 is 3.38. The smallest absolute Gasteiger partial charge is 0.274 e. The van der Waals surface area contributed by atoms with Crippen LogP contribution in [-0.4, -0.2) is 29.8 Å². The van der Waals surface area contributed by atoms with E-state index in [2.05, 4.69) is 32.6 Å². The fourth-order valence-corrected chi connectivity index (χ4v) is 4.20. The van der Waals surface area contributed by atoms with Crippen LogP contribution in [0.1, 0.15) is 11.4 Å². The molecule has 0 amide bonds. The number of aromatic nitrogens is 6. The van der Waals surface area contributed by atoms with Gasteiger partial charge in [-0.1, -0.05) is 77.6 Å². The summed E-state index contributed by atoms with van der Waals surface area (Å²) >= 11 is 1.40. The SMILES string of the molecule is O=c1c2ccccc2nnn1CSc1nnc(Cc2ccccc2)n1-c1ccccc1. The lowest BCUT2D eigenvalue weighted by molar-refractivity contribution is 0.643. The van der Waals surface area contributed by atoms with E-state index in [9.17, 15) is 4.79 Å². The van der Waals surface area contributed by atoms with E-state index in [1.165, 1.54) is 16.4 Å². The first-order chi connectivity index (χ1) is 15.3. The summed E-state index contributed by atoms with van der Waals surface area (Å²) in [6.07, 6.45) is 0.652. The van der Waals surface area contributed by atoms with Gasteiger partial charge < -0.3 is 0 Å². The Balaban J connectivity index is 1.48. The van der Waals surface area contributed by atoms with Gasteiger partial charge in [0.05, 0.1) is 11.3 Å². The Kier molecular flexibility index (Phi) is 5.28. The number of para-hydroxylation sites is 1. The Morgan fingerprint density at radius 1 is 0.774 bits per heavy atom. The van der Waals surface area contributed by atoms with Gasteiger partial charge in [0, 0.05) is 12.1 Å². The molecule has 0 fully saturated rings. The van der Waals surface area contributed by atoms with E-state index >= 15 is 0 Å². The molecule has 0 aliphatic carbocycles. The van der Waals surface area contributed by atoms with E-state index in [0.717, 1.165) is 17.1 Å². The lowest BCUT2D eigenvalue weighted by Crippen LogP contribution is -2.23. The summed E-state index contributed by atoms with van der Waals surface area (Å²) in [5.41, 5.74) is 2.54. The van der Waals surface area contributed by atoms with Gasteiger partial charge in [0.2, 0.25) is 0 Å². The van der Waals surface area contributed by atoms with Gasteiger partial charge in [-0.15, -0.1) is 15.3 Å². The van der Waals surface area contributed by atoms with Crippen LogP contribution in [0.3, 0.4) is 0 Å². The van der Waals surface area contributed by atoms with Crippen molar-refractivity contribution in [3.63, 3.8) is 0 Å². The Morgan fingerprint density at radius 2 is 1.48 bits per heavy atom. The molecular formula is C23H18N6OS. The zero-order valence-corrected chi connectivity index (χ0v) is 17.3. The predicted molar refractivity (Wildman–Crippen MR) is 120 cm³/mol. The molecule has 0 aliphatic rings. The molecule has 3 aromatic carbocycles. The lowest BCUT2D eigenvalue weighted by Gasteiger charge is -2.10. The van der Waals surface area contributed by atoms with Gasteiger partial charge in [0.25, 0.3) is 5.56 Å². The maximum atomic E-state index is 12.8. The van der Waals surface area contributed by atoms with E-state index in [1.54, 1.807) is 12.1 Å². The number of benzene rings is 3. The quantitative estimate of drug-likeness (QED) is 0.385. The Hall–Kier alpha value is -3.78. The van der Waals surface area contributed by atoms with Crippen molar-refractivity contribution in [3.8, 4) is 5.69 Å². The zero-order valence-electron chi connectivity index (χ0n) is 16.5. The molecule has 2 heterocycles. The van der Waals surface area contributed by atoms with Gasteiger partial charge in [0.1, 0.15) is 11.3 Å². The zero-order chi connectivity index (χ0) is 21.0. The standard InChI is InChI=1S/C23H18N6OS/c30-22-19-13-7-8-14-20(19)24-27-28(22)16-31-23-26-25-21(15-17-9-3-1-4-10-17)29(23)18-11-5-2-6-12-18/h1-14H,15-16H2. The third-order valence-electron chi connectivity index (χ3n) is 4.87. The van der Waals surface area contributed by atoms with Gasteiger partial charge in [-0.2, -0.15) is 4.68 Å². The third-order valence-corrected chi connectivity index (χ3v) is 5.76. The highest BCUT2D eigenvalue weighted by Gasteiger charge is 2.16. The number of thioether (sulfide) groups is 1. The van der Waals surface area contributed by atoms with Crippen molar-refractivity contribution in [3.05, 3.63) is 107 Å². The number of rotatable bonds is 6. The van der Waals surface area contributed by atoms with E-state index in [1.807, 2.05) is 65.2 Å². The molecule has 0 bridgehead atoms. The van der Waals surface area contributed by atoms with Crippen molar-refractivity contribution in [1.82, 2.24) is 29.8 Å². The topological polar surface area (TPSA) is 78.5 Å². The van der Waals surface area contributed by atoms with Crippen LogP contribution in [0.4, 0.5) is 0 Å². The van der Waals surface area contributed by atoms with Gasteiger partial charge in [0.15, 0.2) is 5.16 Å². The van der Waals surface area contributed by atoms with Gasteiger partial charge in [-0.25, -0.2) is 0 Å². The maximum Gasteiger partial charge on any atom is 0.278 e. The molecule has 0 radical (unpaired) electrons. The molecule has 31 heavy (non-hydrogen) atoms. The summed E-state index contributed by atoms with van der Waals surface area (Å²) in [6.45, 7) is 0. The number of fused-ring (bicyclic) bond motifs is 1. The first kappa shape index (κ1) is 19.2. The van der Waals surface area contributed by atoms with Crippen LogP contribution in [0.25, 0.3) is 16.6 Å². The predicted octanol–water partition coefficient (Wildman–Crippen LogP) is 3.71. The van der Waals surface area contributed by atoms with Crippen LogP contribution >= 0.6 is 11.8 Å². The average molecular weight is 427 g/mol. The molecule has 0 saturated carbocycles.